The SMILES string of the molecule is [CH2]CC(n1cnc2ccccc21)P(=O)(O)O. The fourth-order valence-electron chi connectivity index (χ4n) is 1.69. The molecule has 0 aliphatic heterocycles. The Bertz CT molecular complexity index is 546. The maximum Gasteiger partial charge on any atom is 0.348 e. The molecule has 2 aromatic rings. The highest BCUT2D eigenvalue weighted by molar-refractivity contribution is 7.51. The average Bonchev–Trinajstić information content (AvgIpc) is 2.61. The van der Waals surface area contributed by atoms with Gasteiger partial charge in [0.1, 0.15) is 5.78 Å². The van der Waals surface area contributed by atoms with Crippen LogP contribution in [0.3, 0.4) is 0 Å². The van der Waals surface area contributed by atoms with Crippen molar-refractivity contribution in [1.29, 1.82) is 0 Å². The first-order valence-electron chi connectivity index (χ1n) is 4.80. The van der Waals surface area contributed by atoms with Crippen LogP contribution in [-0.2, 0) is 4.57 Å². The van der Waals surface area contributed by atoms with Crippen LogP contribution in [0.15, 0.2) is 30.6 Å². The van der Waals surface area contributed by atoms with Crippen molar-refractivity contribution in [3.05, 3.63) is 37.5 Å². The van der Waals surface area contributed by atoms with Gasteiger partial charge in [0.05, 0.1) is 17.4 Å². The predicted molar refractivity (Wildman–Crippen MR) is 60.8 cm³/mol. The topological polar surface area (TPSA) is 75.4 Å². The lowest BCUT2D eigenvalue weighted by Gasteiger charge is -2.18. The van der Waals surface area contributed by atoms with Crippen LogP contribution in [0.4, 0.5) is 0 Å². The van der Waals surface area contributed by atoms with Gasteiger partial charge < -0.3 is 14.4 Å². The Morgan fingerprint density at radius 3 is 2.75 bits per heavy atom. The molecule has 1 heterocycles. The molecular weight excluding hydrogens is 227 g/mol. The minimum atomic E-state index is -4.21. The molecule has 0 aliphatic carbocycles. The molecular formula is C10H12N2O3P. The smallest absolute Gasteiger partial charge is 0.323 e. The summed E-state index contributed by atoms with van der Waals surface area (Å²) in [5, 5.41) is 0. The van der Waals surface area contributed by atoms with E-state index in [1.165, 1.54) is 10.9 Å². The van der Waals surface area contributed by atoms with Crippen molar-refractivity contribution in [2.75, 3.05) is 0 Å². The molecule has 0 fully saturated rings. The molecule has 1 atom stereocenters. The van der Waals surface area contributed by atoms with Crippen molar-refractivity contribution in [3.63, 3.8) is 0 Å². The Balaban J connectivity index is 2.58. The molecule has 16 heavy (non-hydrogen) atoms. The zero-order chi connectivity index (χ0) is 11.8. The number of rotatable bonds is 3. The summed E-state index contributed by atoms with van der Waals surface area (Å²) < 4.78 is 12.8. The van der Waals surface area contributed by atoms with Crippen LogP contribution in [0.2, 0.25) is 0 Å². The number of hydrogen-bond donors (Lipinski definition) is 2. The van der Waals surface area contributed by atoms with Crippen LogP contribution >= 0.6 is 7.60 Å². The van der Waals surface area contributed by atoms with Crippen molar-refractivity contribution in [1.82, 2.24) is 9.55 Å². The number of aromatic nitrogens is 2. The number of benzene rings is 1. The zero-order valence-electron chi connectivity index (χ0n) is 8.52. The first kappa shape index (κ1) is 11.3. The first-order valence-corrected chi connectivity index (χ1v) is 6.48. The molecule has 6 heteroatoms. The van der Waals surface area contributed by atoms with E-state index in [0.29, 0.717) is 5.52 Å². The van der Waals surface area contributed by atoms with E-state index >= 15 is 0 Å². The Morgan fingerprint density at radius 1 is 1.44 bits per heavy atom. The quantitative estimate of drug-likeness (QED) is 0.802. The van der Waals surface area contributed by atoms with Crippen molar-refractivity contribution >= 4 is 18.6 Å². The summed E-state index contributed by atoms with van der Waals surface area (Å²) >= 11 is 0. The highest BCUT2D eigenvalue weighted by Crippen LogP contribution is 2.51. The number of nitrogens with zero attached hydrogens (tertiary/aromatic N) is 2. The third-order valence-corrected chi connectivity index (χ3v) is 3.73. The monoisotopic (exact) mass is 239 g/mol. The van der Waals surface area contributed by atoms with Gasteiger partial charge in [0.25, 0.3) is 0 Å². The van der Waals surface area contributed by atoms with E-state index in [9.17, 15) is 14.4 Å². The number of para-hydroxylation sites is 2. The standard InChI is InChI=1S/C10H12N2O3P/c1-2-10(16(13,14)15)12-7-11-8-5-3-4-6-9(8)12/h3-7,10H,1-2H2,(H2,13,14,15). The van der Waals surface area contributed by atoms with Crippen molar-refractivity contribution in [2.45, 2.75) is 12.2 Å². The van der Waals surface area contributed by atoms with Crippen LogP contribution in [-0.4, -0.2) is 19.3 Å². The Kier molecular flexibility index (Phi) is 2.84. The maximum atomic E-state index is 11.3. The molecule has 1 radical (unpaired) electrons. The number of fused-ring (bicyclic) bond motifs is 1. The fraction of sp³-hybridized carbons (Fsp3) is 0.200. The van der Waals surface area contributed by atoms with Gasteiger partial charge in [0.2, 0.25) is 0 Å². The minimum absolute atomic E-state index is 0.116. The van der Waals surface area contributed by atoms with Gasteiger partial charge in [-0.1, -0.05) is 19.1 Å². The van der Waals surface area contributed by atoms with Crippen molar-refractivity contribution in [3.8, 4) is 0 Å². The van der Waals surface area contributed by atoms with Crippen molar-refractivity contribution in [2.24, 2.45) is 0 Å². The second kappa shape index (κ2) is 4.01. The van der Waals surface area contributed by atoms with E-state index in [4.69, 9.17) is 0 Å². The zero-order valence-corrected chi connectivity index (χ0v) is 9.42. The van der Waals surface area contributed by atoms with E-state index in [1.807, 2.05) is 6.07 Å². The second-order valence-electron chi connectivity index (χ2n) is 3.50. The lowest BCUT2D eigenvalue weighted by atomic mass is 10.3. The molecule has 0 amide bonds. The Hall–Kier alpha value is -1.16. The van der Waals surface area contributed by atoms with Crippen molar-refractivity contribution < 1.29 is 14.4 Å². The number of imidazole rings is 1. The van der Waals surface area contributed by atoms with E-state index in [-0.39, 0.29) is 6.42 Å². The largest absolute Gasteiger partial charge is 0.348 e. The molecule has 0 bridgehead atoms. The summed E-state index contributed by atoms with van der Waals surface area (Å²) in [6.07, 6.45) is 1.56. The predicted octanol–water partition coefficient (Wildman–Crippen LogP) is 1.94. The first-order chi connectivity index (χ1) is 7.54. The summed E-state index contributed by atoms with van der Waals surface area (Å²) in [7, 11) is -4.21. The van der Waals surface area contributed by atoms with Gasteiger partial charge in [-0.15, -0.1) is 0 Å². The van der Waals surface area contributed by atoms with Gasteiger partial charge in [0.15, 0.2) is 0 Å². The highest BCUT2D eigenvalue weighted by Gasteiger charge is 2.29. The summed E-state index contributed by atoms with van der Waals surface area (Å²) in [5.74, 6) is -0.945. The van der Waals surface area contributed by atoms with Crippen LogP contribution in [0.1, 0.15) is 12.2 Å². The molecule has 1 unspecified atom stereocenters. The molecule has 1 aromatic carbocycles. The third kappa shape index (κ3) is 1.89. The molecule has 5 nitrogen and oxygen atoms in total. The van der Waals surface area contributed by atoms with Crippen LogP contribution in [0.25, 0.3) is 11.0 Å². The average molecular weight is 239 g/mol. The van der Waals surface area contributed by atoms with Crippen LogP contribution < -0.4 is 0 Å². The normalized spacial score (nSPS) is 14.2. The maximum absolute atomic E-state index is 11.3. The highest BCUT2D eigenvalue weighted by atomic mass is 31.2. The van der Waals surface area contributed by atoms with Gasteiger partial charge in [-0.25, -0.2) is 4.98 Å². The summed E-state index contributed by atoms with van der Waals surface area (Å²) in [6, 6.07) is 7.21. The molecule has 2 N–H and O–H groups in total. The number of hydrogen-bond acceptors (Lipinski definition) is 2. The van der Waals surface area contributed by atoms with Crippen LogP contribution in [0.5, 0.6) is 0 Å². The summed E-state index contributed by atoms with van der Waals surface area (Å²) in [4.78, 5) is 22.6. The Labute approximate surface area is 92.9 Å². The lowest BCUT2D eigenvalue weighted by molar-refractivity contribution is 0.342. The van der Waals surface area contributed by atoms with E-state index < -0.39 is 13.4 Å². The molecule has 85 valence electrons. The van der Waals surface area contributed by atoms with E-state index in [0.717, 1.165) is 5.52 Å². The second-order valence-corrected chi connectivity index (χ2v) is 5.27. The fourth-order valence-corrected chi connectivity index (χ4v) is 2.53. The van der Waals surface area contributed by atoms with Gasteiger partial charge in [-0.3, -0.25) is 4.57 Å². The molecule has 2 rings (SSSR count). The minimum Gasteiger partial charge on any atom is -0.323 e. The van der Waals surface area contributed by atoms with E-state index in [1.54, 1.807) is 18.2 Å². The summed E-state index contributed by atoms with van der Waals surface area (Å²) in [6.45, 7) is 3.57. The molecule has 0 spiro atoms. The van der Waals surface area contributed by atoms with E-state index in [2.05, 4.69) is 11.9 Å². The molecule has 0 saturated heterocycles. The van der Waals surface area contributed by atoms with Gasteiger partial charge >= 0.3 is 7.60 Å². The molecule has 0 aliphatic rings. The summed E-state index contributed by atoms with van der Waals surface area (Å²) in [5.41, 5.74) is 1.42. The lowest BCUT2D eigenvalue weighted by Crippen LogP contribution is -2.07. The van der Waals surface area contributed by atoms with Gasteiger partial charge in [0, 0.05) is 0 Å². The molecule has 0 saturated carbocycles. The van der Waals surface area contributed by atoms with Gasteiger partial charge in [-0.05, 0) is 18.6 Å². The van der Waals surface area contributed by atoms with Gasteiger partial charge in [-0.2, -0.15) is 0 Å². The third-order valence-electron chi connectivity index (χ3n) is 2.45. The Morgan fingerprint density at radius 2 is 2.12 bits per heavy atom. The van der Waals surface area contributed by atoms with Crippen LogP contribution in [0, 0.1) is 6.92 Å². The molecule has 1 aromatic heterocycles.